The number of nitrogens with zero attached hydrogens (tertiary/aromatic N) is 1. The van der Waals surface area contributed by atoms with Gasteiger partial charge >= 0.3 is 0 Å². The van der Waals surface area contributed by atoms with Crippen LogP contribution in [0, 0.1) is 0 Å². The van der Waals surface area contributed by atoms with Crippen LogP contribution in [0.25, 0.3) is 16.3 Å². The van der Waals surface area contributed by atoms with Gasteiger partial charge in [0.25, 0.3) is 0 Å². The van der Waals surface area contributed by atoms with Crippen molar-refractivity contribution in [1.82, 2.24) is 0 Å². The van der Waals surface area contributed by atoms with Crippen LogP contribution >= 0.6 is 0 Å². The minimum Gasteiger partial charge on any atom is -0.507 e. The fourth-order valence-corrected chi connectivity index (χ4v) is 4.55. The van der Waals surface area contributed by atoms with E-state index in [2.05, 4.69) is 0 Å². The van der Waals surface area contributed by atoms with Crippen molar-refractivity contribution in [3.63, 3.8) is 0 Å². The van der Waals surface area contributed by atoms with Gasteiger partial charge in [-0.25, -0.2) is 0 Å². The third-order valence-corrected chi connectivity index (χ3v) is 6.38. The van der Waals surface area contributed by atoms with Crippen LogP contribution < -0.4 is 4.90 Å². The lowest BCUT2D eigenvalue weighted by atomic mass is 9.79. The minimum atomic E-state index is -1.06. The van der Waals surface area contributed by atoms with E-state index in [1.807, 2.05) is 19.0 Å². The average molecular weight is 479 g/mol. The van der Waals surface area contributed by atoms with Crippen molar-refractivity contribution in [1.29, 1.82) is 0 Å². The molecule has 0 fully saturated rings. The molecule has 0 amide bonds. The zero-order chi connectivity index (χ0) is 25.7. The number of allylic oxidation sites excluding steroid dienone is 1. The number of carbonyl (C=O) groups excluding carboxylic acids is 3. The lowest BCUT2D eigenvalue weighted by Crippen LogP contribution is -2.31. The molecule has 0 radical (unpaired) electrons. The number of carbonyl (C=O) groups is 3. The highest BCUT2D eigenvalue weighted by Crippen LogP contribution is 2.50. The topological polar surface area (TPSA) is 115 Å². The van der Waals surface area contributed by atoms with Gasteiger partial charge in [-0.2, -0.15) is 0 Å². The van der Waals surface area contributed by atoms with Gasteiger partial charge in [-0.15, -0.1) is 0 Å². The molecule has 0 aliphatic heterocycles. The molecular formula is C29H21NO6. The Hall–Kier alpha value is -4.91. The molecule has 7 nitrogen and oxygen atoms in total. The maximum absolute atomic E-state index is 13.6. The highest BCUT2D eigenvalue weighted by molar-refractivity contribution is 6.61. The number of rotatable bonds is 3. The molecule has 0 saturated carbocycles. The first-order valence-corrected chi connectivity index (χ1v) is 11.1. The van der Waals surface area contributed by atoms with Gasteiger partial charge in [0.1, 0.15) is 5.75 Å². The number of hydrogen-bond donors (Lipinski definition) is 3. The Kier molecular flexibility index (Phi) is 5.33. The predicted octanol–water partition coefficient (Wildman–Crippen LogP) is 4.47. The summed E-state index contributed by atoms with van der Waals surface area (Å²) in [6.07, 6.45) is 0. The summed E-state index contributed by atoms with van der Waals surface area (Å²) in [6, 6.07) is 19.0. The number of anilines is 1. The first-order chi connectivity index (χ1) is 17.2. The van der Waals surface area contributed by atoms with Crippen molar-refractivity contribution < 1.29 is 29.7 Å². The number of phenols is 3. The Morgan fingerprint density at radius 3 is 1.72 bits per heavy atom. The standard InChI is InChI=1S/C29H21NO6/c1-30(2)16-13-11-15(12-14-16)21(22-24(31)17-7-3-5-9-19(17)26(33)28(22)35)23-25(32)18-8-4-6-10-20(18)27(34)29(23)36/h3-14,31,33,35H,1-2H3/b23-21-. The molecule has 0 unspecified atom stereocenters. The highest BCUT2D eigenvalue weighted by atomic mass is 16.3. The SMILES string of the molecule is CN(C)c1ccc(/C(=C2/C(=O)C(=O)c3ccccc3C2=O)c2c(O)c(O)c3ccccc3c2O)cc1. The van der Waals surface area contributed by atoms with Crippen LogP contribution in [0.5, 0.6) is 17.2 Å². The number of phenolic OH excluding ortho intramolecular Hbond substituents is 3. The fraction of sp³-hybridized carbons (Fsp3) is 0.0690. The smallest absolute Gasteiger partial charge is 0.238 e. The third-order valence-electron chi connectivity index (χ3n) is 6.38. The van der Waals surface area contributed by atoms with E-state index in [0.29, 0.717) is 5.56 Å². The lowest BCUT2D eigenvalue weighted by Gasteiger charge is -2.22. The monoisotopic (exact) mass is 479 g/mol. The summed E-state index contributed by atoms with van der Waals surface area (Å²) in [5, 5.41) is 33.5. The Bertz CT molecular complexity index is 1630. The molecule has 4 aromatic carbocycles. The van der Waals surface area contributed by atoms with Gasteiger partial charge in [0.05, 0.1) is 11.1 Å². The number of Topliss-reactive ketones (excluding diaryl/α,β-unsaturated/α-hetero) is 3. The van der Waals surface area contributed by atoms with Crippen LogP contribution in [-0.2, 0) is 4.79 Å². The van der Waals surface area contributed by atoms with Gasteiger partial charge in [0, 0.05) is 47.3 Å². The van der Waals surface area contributed by atoms with E-state index in [0.717, 1.165) is 5.69 Å². The second-order valence-corrected chi connectivity index (χ2v) is 8.69. The van der Waals surface area contributed by atoms with Crippen LogP contribution in [0.4, 0.5) is 5.69 Å². The van der Waals surface area contributed by atoms with Crippen molar-refractivity contribution in [3.05, 3.63) is 101 Å². The van der Waals surface area contributed by atoms with Gasteiger partial charge in [-0.3, -0.25) is 14.4 Å². The van der Waals surface area contributed by atoms with Crippen LogP contribution in [0.2, 0.25) is 0 Å². The summed E-state index contributed by atoms with van der Waals surface area (Å²) < 4.78 is 0. The van der Waals surface area contributed by atoms with Gasteiger partial charge in [0.15, 0.2) is 17.3 Å². The van der Waals surface area contributed by atoms with E-state index in [1.54, 1.807) is 48.5 Å². The summed E-state index contributed by atoms with van der Waals surface area (Å²) in [4.78, 5) is 41.9. The molecule has 178 valence electrons. The maximum atomic E-state index is 13.6. The molecule has 0 saturated heterocycles. The van der Waals surface area contributed by atoms with Gasteiger partial charge < -0.3 is 20.2 Å². The number of aromatic hydroxyl groups is 3. The van der Waals surface area contributed by atoms with E-state index >= 15 is 0 Å². The summed E-state index contributed by atoms with van der Waals surface area (Å²) >= 11 is 0. The fourth-order valence-electron chi connectivity index (χ4n) is 4.55. The zero-order valence-electron chi connectivity index (χ0n) is 19.4. The van der Waals surface area contributed by atoms with E-state index < -0.39 is 40.2 Å². The first kappa shape index (κ1) is 22.9. The Labute approximate surface area is 206 Å². The number of ketones is 3. The molecule has 0 aromatic heterocycles. The Morgan fingerprint density at radius 2 is 1.14 bits per heavy atom. The molecule has 0 bridgehead atoms. The third kappa shape index (κ3) is 3.32. The second kappa shape index (κ2) is 8.39. The van der Waals surface area contributed by atoms with Crippen molar-refractivity contribution in [2.75, 3.05) is 19.0 Å². The molecule has 5 rings (SSSR count). The molecule has 0 atom stereocenters. The molecule has 36 heavy (non-hydrogen) atoms. The van der Waals surface area contributed by atoms with E-state index in [1.165, 1.54) is 24.3 Å². The summed E-state index contributed by atoms with van der Waals surface area (Å²) in [6.45, 7) is 0. The molecule has 7 heteroatoms. The molecule has 3 N–H and O–H groups in total. The normalized spacial score (nSPS) is 14.7. The summed E-state index contributed by atoms with van der Waals surface area (Å²) in [5.41, 5.74) is 0.209. The average Bonchev–Trinajstić information content (AvgIpc) is 2.90. The van der Waals surface area contributed by atoms with Gasteiger partial charge in [0.2, 0.25) is 11.6 Å². The largest absolute Gasteiger partial charge is 0.507 e. The summed E-state index contributed by atoms with van der Waals surface area (Å²) in [5.74, 6) is -4.31. The number of fused-ring (bicyclic) bond motifs is 2. The van der Waals surface area contributed by atoms with E-state index in [4.69, 9.17) is 0 Å². The predicted molar refractivity (Wildman–Crippen MR) is 136 cm³/mol. The van der Waals surface area contributed by atoms with Crippen molar-refractivity contribution in [3.8, 4) is 17.2 Å². The highest BCUT2D eigenvalue weighted by Gasteiger charge is 2.39. The van der Waals surface area contributed by atoms with Crippen molar-refractivity contribution >= 4 is 39.4 Å². The molecule has 0 spiro atoms. The number of benzene rings is 4. The van der Waals surface area contributed by atoms with Crippen LogP contribution in [-0.4, -0.2) is 46.8 Å². The molecule has 1 aliphatic carbocycles. The molecule has 0 heterocycles. The first-order valence-electron chi connectivity index (χ1n) is 11.1. The van der Waals surface area contributed by atoms with Gasteiger partial charge in [-0.1, -0.05) is 60.7 Å². The van der Waals surface area contributed by atoms with Crippen molar-refractivity contribution in [2.24, 2.45) is 0 Å². The molecule has 4 aromatic rings. The zero-order valence-corrected chi connectivity index (χ0v) is 19.4. The maximum Gasteiger partial charge on any atom is 0.238 e. The number of hydrogen-bond acceptors (Lipinski definition) is 7. The van der Waals surface area contributed by atoms with Crippen LogP contribution in [0.3, 0.4) is 0 Å². The van der Waals surface area contributed by atoms with Crippen molar-refractivity contribution in [2.45, 2.75) is 0 Å². The minimum absolute atomic E-state index is 0.00615. The van der Waals surface area contributed by atoms with Crippen LogP contribution in [0.1, 0.15) is 31.8 Å². The second-order valence-electron chi connectivity index (χ2n) is 8.69. The Balaban J connectivity index is 1.92. The van der Waals surface area contributed by atoms with Gasteiger partial charge in [-0.05, 0) is 17.7 Å². The lowest BCUT2D eigenvalue weighted by molar-refractivity contribution is -0.111. The van der Waals surface area contributed by atoms with E-state index in [-0.39, 0.29) is 33.0 Å². The quantitative estimate of drug-likeness (QED) is 0.131. The molecule has 1 aliphatic rings. The summed E-state index contributed by atoms with van der Waals surface area (Å²) in [7, 11) is 3.69. The van der Waals surface area contributed by atoms with E-state index in [9.17, 15) is 29.7 Å². The Morgan fingerprint density at radius 1 is 0.611 bits per heavy atom. The molecular weight excluding hydrogens is 458 g/mol. The van der Waals surface area contributed by atoms with Crippen LogP contribution in [0.15, 0.2) is 78.4 Å².